The van der Waals surface area contributed by atoms with Crippen LogP contribution in [-0.2, 0) is 6.42 Å². The average molecular weight is 247 g/mol. The van der Waals surface area contributed by atoms with E-state index in [0.717, 1.165) is 24.9 Å². The zero-order valence-corrected chi connectivity index (χ0v) is 12.3. The summed E-state index contributed by atoms with van der Waals surface area (Å²) in [5.74, 6) is 1.62. The topological polar surface area (TPSA) is 12.0 Å². The molecule has 0 saturated carbocycles. The van der Waals surface area contributed by atoms with Gasteiger partial charge in [-0.25, -0.2) is 0 Å². The highest BCUT2D eigenvalue weighted by Crippen LogP contribution is 2.17. The van der Waals surface area contributed by atoms with E-state index in [1.807, 2.05) is 0 Å². The van der Waals surface area contributed by atoms with Crippen LogP contribution < -0.4 is 5.32 Å². The molecule has 1 aromatic rings. The van der Waals surface area contributed by atoms with E-state index in [9.17, 15) is 0 Å². The first-order chi connectivity index (χ1) is 8.72. The van der Waals surface area contributed by atoms with Crippen molar-refractivity contribution in [2.45, 2.75) is 46.5 Å². The Morgan fingerprint density at radius 3 is 2.39 bits per heavy atom. The standard InChI is InChI=1S/C17H29N/c1-4-18-14-17(12-8-9-15(2)3)13-16-10-6-5-7-11-16/h5-7,10-11,15,17-18H,4,8-9,12-14H2,1-3H3. The molecule has 0 aliphatic carbocycles. The minimum Gasteiger partial charge on any atom is -0.317 e. The summed E-state index contributed by atoms with van der Waals surface area (Å²) in [6.07, 6.45) is 5.28. The van der Waals surface area contributed by atoms with Gasteiger partial charge in [-0.1, -0.05) is 63.9 Å². The van der Waals surface area contributed by atoms with Gasteiger partial charge in [-0.15, -0.1) is 0 Å². The minimum atomic E-state index is 0.783. The molecule has 1 nitrogen and oxygen atoms in total. The molecule has 0 radical (unpaired) electrons. The molecule has 18 heavy (non-hydrogen) atoms. The van der Waals surface area contributed by atoms with Crippen molar-refractivity contribution in [1.82, 2.24) is 5.32 Å². The predicted molar refractivity (Wildman–Crippen MR) is 80.9 cm³/mol. The van der Waals surface area contributed by atoms with E-state index in [4.69, 9.17) is 0 Å². The summed E-state index contributed by atoms with van der Waals surface area (Å²) >= 11 is 0. The quantitative estimate of drug-likeness (QED) is 0.687. The van der Waals surface area contributed by atoms with Crippen molar-refractivity contribution in [2.24, 2.45) is 11.8 Å². The SMILES string of the molecule is CCNCC(CCCC(C)C)Cc1ccccc1. The largest absolute Gasteiger partial charge is 0.317 e. The number of rotatable bonds is 9. The van der Waals surface area contributed by atoms with Crippen LogP contribution in [0.25, 0.3) is 0 Å². The Kier molecular flexibility index (Phi) is 7.75. The number of hydrogen-bond donors (Lipinski definition) is 1. The van der Waals surface area contributed by atoms with Crippen LogP contribution in [0.4, 0.5) is 0 Å². The molecule has 0 heterocycles. The van der Waals surface area contributed by atoms with Crippen molar-refractivity contribution in [3.63, 3.8) is 0 Å². The third-order valence-electron chi connectivity index (χ3n) is 3.44. The highest BCUT2D eigenvalue weighted by molar-refractivity contribution is 5.15. The van der Waals surface area contributed by atoms with Crippen LogP contribution >= 0.6 is 0 Å². The minimum absolute atomic E-state index is 0.783. The summed E-state index contributed by atoms with van der Waals surface area (Å²) < 4.78 is 0. The first-order valence-corrected chi connectivity index (χ1v) is 7.47. The molecule has 102 valence electrons. The smallest absolute Gasteiger partial charge is 0.00175 e. The summed E-state index contributed by atoms with van der Waals surface area (Å²) in [7, 11) is 0. The van der Waals surface area contributed by atoms with Crippen LogP contribution in [0.5, 0.6) is 0 Å². The molecule has 1 unspecified atom stereocenters. The number of hydrogen-bond acceptors (Lipinski definition) is 1. The lowest BCUT2D eigenvalue weighted by Crippen LogP contribution is -2.24. The predicted octanol–water partition coefficient (Wildman–Crippen LogP) is 4.28. The van der Waals surface area contributed by atoms with Crippen LogP contribution in [0.15, 0.2) is 30.3 Å². The first kappa shape index (κ1) is 15.2. The van der Waals surface area contributed by atoms with Gasteiger partial charge in [0.25, 0.3) is 0 Å². The molecule has 0 amide bonds. The lowest BCUT2D eigenvalue weighted by molar-refractivity contribution is 0.410. The maximum atomic E-state index is 3.51. The monoisotopic (exact) mass is 247 g/mol. The van der Waals surface area contributed by atoms with Gasteiger partial charge in [0, 0.05) is 0 Å². The molecule has 0 spiro atoms. The van der Waals surface area contributed by atoms with Crippen molar-refractivity contribution in [3.8, 4) is 0 Å². The van der Waals surface area contributed by atoms with Crippen molar-refractivity contribution in [3.05, 3.63) is 35.9 Å². The average Bonchev–Trinajstić information content (AvgIpc) is 2.36. The van der Waals surface area contributed by atoms with Gasteiger partial charge in [-0.3, -0.25) is 0 Å². The molecule has 0 fully saturated rings. The highest BCUT2D eigenvalue weighted by atomic mass is 14.8. The van der Waals surface area contributed by atoms with Gasteiger partial charge in [-0.05, 0) is 43.3 Å². The van der Waals surface area contributed by atoms with E-state index in [-0.39, 0.29) is 0 Å². The van der Waals surface area contributed by atoms with Gasteiger partial charge in [-0.2, -0.15) is 0 Å². The molecule has 0 saturated heterocycles. The van der Waals surface area contributed by atoms with E-state index in [2.05, 4.69) is 56.4 Å². The molecule has 0 bridgehead atoms. The second-order valence-electron chi connectivity index (χ2n) is 5.69. The van der Waals surface area contributed by atoms with Gasteiger partial charge in [0.05, 0.1) is 0 Å². The Hall–Kier alpha value is -0.820. The zero-order chi connectivity index (χ0) is 13.2. The molecule has 0 aliphatic heterocycles. The highest BCUT2D eigenvalue weighted by Gasteiger charge is 2.09. The molecule has 1 atom stereocenters. The molecule has 1 heteroatoms. The second kappa shape index (κ2) is 9.16. The second-order valence-corrected chi connectivity index (χ2v) is 5.69. The summed E-state index contributed by atoms with van der Waals surface area (Å²) in [4.78, 5) is 0. The molecule has 1 N–H and O–H groups in total. The maximum Gasteiger partial charge on any atom is -0.00175 e. The van der Waals surface area contributed by atoms with E-state index < -0.39 is 0 Å². The Balaban J connectivity index is 2.39. The van der Waals surface area contributed by atoms with Crippen LogP contribution in [0.3, 0.4) is 0 Å². The summed E-state index contributed by atoms with van der Waals surface area (Å²) in [5, 5.41) is 3.51. The van der Waals surface area contributed by atoms with Crippen molar-refractivity contribution in [1.29, 1.82) is 0 Å². The zero-order valence-electron chi connectivity index (χ0n) is 12.3. The van der Waals surface area contributed by atoms with E-state index in [0.29, 0.717) is 0 Å². The lowest BCUT2D eigenvalue weighted by Gasteiger charge is -2.18. The van der Waals surface area contributed by atoms with Gasteiger partial charge in [0.15, 0.2) is 0 Å². The molecule has 0 aliphatic rings. The van der Waals surface area contributed by atoms with E-state index in [1.54, 1.807) is 0 Å². The van der Waals surface area contributed by atoms with Gasteiger partial charge < -0.3 is 5.32 Å². The van der Waals surface area contributed by atoms with Crippen LogP contribution in [-0.4, -0.2) is 13.1 Å². The fourth-order valence-electron chi connectivity index (χ4n) is 2.39. The summed E-state index contributed by atoms with van der Waals surface area (Å²) in [6, 6.07) is 10.9. The summed E-state index contributed by atoms with van der Waals surface area (Å²) in [6.45, 7) is 9.06. The molecule has 0 aromatic heterocycles. The molecule has 1 aromatic carbocycles. The Morgan fingerprint density at radius 2 is 1.78 bits per heavy atom. The van der Waals surface area contributed by atoms with E-state index in [1.165, 1.54) is 31.2 Å². The van der Waals surface area contributed by atoms with Crippen LogP contribution in [0, 0.1) is 11.8 Å². The molecular formula is C17H29N. The maximum absolute atomic E-state index is 3.51. The molecular weight excluding hydrogens is 218 g/mol. The van der Waals surface area contributed by atoms with Gasteiger partial charge in [0.2, 0.25) is 0 Å². The van der Waals surface area contributed by atoms with Crippen LogP contribution in [0.1, 0.15) is 45.6 Å². The van der Waals surface area contributed by atoms with Crippen molar-refractivity contribution in [2.75, 3.05) is 13.1 Å². The number of nitrogens with one attached hydrogen (secondary N) is 1. The Morgan fingerprint density at radius 1 is 1.06 bits per heavy atom. The van der Waals surface area contributed by atoms with Crippen LogP contribution in [0.2, 0.25) is 0 Å². The lowest BCUT2D eigenvalue weighted by atomic mass is 9.92. The Labute approximate surface area is 113 Å². The van der Waals surface area contributed by atoms with Crippen molar-refractivity contribution >= 4 is 0 Å². The number of benzene rings is 1. The fraction of sp³-hybridized carbons (Fsp3) is 0.647. The Bertz CT molecular complexity index is 292. The normalized spacial score (nSPS) is 12.9. The van der Waals surface area contributed by atoms with Gasteiger partial charge >= 0.3 is 0 Å². The van der Waals surface area contributed by atoms with Crippen molar-refractivity contribution < 1.29 is 0 Å². The molecule has 1 rings (SSSR count). The third-order valence-corrected chi connectivity index (χ3v) is 3.44. The van der Waals surface area contributed by atoms with Gasteiger partial charge in [0.1, 0.15) is 0 Å². The van der Waals surface area contributed by atoms with E-state index >= 15 is 0 Å². The summed E-state index contributed by atoms with van der Waals surface area (Å²) in [5.41, 5.74) is 1.48. The third kappa shape index (κ3) is 6.80. The first-order valence-electron chi connectivity index (χ1n) is 7.47. The fourth-order valence-corrected chi connectivity index (χ4v) is 2.39.